The van der Waals surface area contributed by atoms with Crippen molar-refractivity contribution < 1.29 is 17.2 Å². The molecule has 6 rings (SSSR count). The molecule has 5 N–H and O–H groups in total. The Balaban J connectivity index is 1.36. The molecule has 0 unspecified atom stereocenters. The maximum absolute atomic E-state index is 15.3. The molecule has 2 aromatic heterocycles. The van der Waals surface area contributed by atoms with Gasteiger partial charge in [0.1, 0.15) is 23.1 Å². The van der Waals surface area contributed by atoms with Gasteiger partial charge in [0, 0.05) is 23.4 Å². The SMILES string of the molecule is Nc1ncc(C2CCC(N)CC2)c2c1c(-c1ccc(NS(=O)(=O)Cc3ccccc3F)c(F)c1)nn2C1CC1. The number of rotatable bonds is 7. The molecule has 0 radical (unpaired) electrons. The summed E-state index contributed by atoms with van der Waals surface area (Å²) in [6.45, 7) is 0. The van der Waals surface area contributed by atoms with Crippen LogP contribution in [0.2, 0.25) is 0 Å². The van der Waals surface area contributed by atoms with Crippen LogP contribution in [0.25, 0.3) is 22.2 Å². The second-order valence-corrected chi connectivity index (χ2v) is 12.3. The highest BCUT2D eigenvalue weighted by molar-refractivity contribution is 7.91. The molecule has 0 spiro atoms. The molecule has 2 aromatic carbocycles. The van der Waals surface area contributed by atoms with Crippen molar-refractivity contribution in [1.29, 1.82) is 0 Å². The standard InChI is InChI=1S/C28H30F2N6O2S/c29-22-4-2-1-3-18(22)15-39(37,38)35-24-12-7-17(13-23(24)30)26-25-27(36(34-26)20-10-11-20)21(14-33-28(25)32)16-5-8-19(31)9-6-16/h1-4,7,12-14,16,19-20,35H,5-6,8-11,15,31H2,(H2,32,33). The molecule has 39 heavy (non-hydrogen) atoms. The molecule has 2 aliphatic rings. The number of aromatic nitrogens is 3. The first-order chi connectivity index (χ1) is 18.7. The molecule has 0 atom stereocenters. The minimum atomic E-state index is -4.06. The van der Waals surface area contributed by atoms with Crippen LogP contribution in [0.1, 0.15) is 61.6 Å². The summed E-state index contributed by atoms with van der Waals surface area (Å²) in [6, 6.07) is 10.2. The van der Waals surface area contributed by atoms with Gasteiger partial charge in [-0.1, -0.05) is 24.3 Å². The van der Waals surface area contributed by atoms with Gasteiger partial charge in [0.05, 0.1) is 28.4 Å². The van der Waals surface area contributed by atoms with Crippen LogP contribution in [0.4, 0.5) is 20.3 Å². The number of nitrogen functional groups attached to an aromatic ring is 1. The topological polar surface area (TPSA) is 129 Å². The Kier molecular flexibility index (Phi) is 6.50. The van der Waals surface area contributed by atoms with Crippen molar-refractivity contribution in [3.63, 3.8) is 0 Å². The molecule has 2 heterocycles. The first-order valence-electron chi connectivity index (χ1n) is 13.2. The number of hydrogen-bond acceptors (Lipinski definition) is 6. The molecule has 2 fully saturated rings. The molecule has 0 aliphatic heterocycles. The summed E-state index contributed by atoms with van der Waals surface area (Å²) in [5, 5.41) is 5.57. The summed E-state index contributed by atoms with van der Waals surface area (Å²) in [5.74, 6) is -1.42. The number of fused-ring (bicyclic) bond motifs is 1. The Morgan fingerprint density at radius 1 is 1.00 bits per heavy atom. The molecule has 2 saturated carbocycles. The van der Waals surface area contributed by atoms with Crippen molar-refractivity contribution in [2.75, 3.05) is 10.5 Å². The first kappa shape index (κ1) is 25.7. The molecule has 204 valence electrons. The Morgan fingerprint density at radius 2 is 1.74 bits per heavy atom. The van der Waals surface area contributed by atoms with Crippen LogP contribution in [0, 0.1) is 11.6 Å². The van der Waals surface area contributed by atoms with Crippen LogP contribution in [0.3, 0.4) is 0 Å². The average Bonchev–Trinajstić information content (AvgIpc) is 3.67. The third kappa shape index (κ3) is 5.08. The normalized spacial score (nSPS) is 19.9. The predicted octanol–water partition coefficient (Wildman–Crippen LogP) is 5.22. The van der Waals surface area contributed by atoms with E-state index in [1.54, 1.807) is 12.1 Å². The zero-order valence-corrected chi connectivity index (χ0v) is 22.1. The fraction of sp³-hybridized carbons (Fsp3) is 0.357. The number of sulfonamides is 1. The number of anilines is 2. The van der Waals surface area contributed by atoms with Crippen LogP contribution in [0.5, 0.6) is 0 Å². The lowest BCUT2D eigenvalue weighted by atomic mass is 9.82. The van der Waals surface area contributed by atoms with Gasteiger partial charge in [-0.3, -0.25) is 9.40 Å². The average molecular weight is 553 g/mol. The van der Waals surface area contributed by atoms with E-state index in [2.05, 4.69) is 9.71 Å². The summed E-state index contributed by atoms with van der Waals surface area (Å²) in [7, 11) is -4.06. The Morgan fingerprint density at radius 3 is 2.44 bits per heavy atom. The van der Waals surface area contributed by atoms with Crippen LogP contribution in [-0.4, -0.2) is 29.2 Å². The highest BCUT2D eigenvalue weighted by atomic mass is 32.2. The van der Waals surface area contributed by atoms with Gasteiger partial charge in [-0.25, -0.2) is 22.2 Å². The lowest BCUT2D eigenvalue weighted by Crippen LogP contribution is -2.26. The predicted molar refractivity (Wildman–Crippen MR) is 147 cm³/mol. The summed E-state index contributed by atoms with van der Waals surface area (Å²) in [4.78, 5) is 4.49. The highest BCUT2D eigenvalue weighted by Crippen LogP contribution is 2.45. The molecule has 0 bridgehead atoms. The second-order valence-electron chi connectivity index (χ2n) is 10.6. The molecular weight excluding hydrogens is 522 g/mol. The quantitative estimate of drug-likeness (QED) is 0.288. The Hall–Kier alpha value is -3.57. The smallest absolute Gasteiger partial charge is 0.237 e. The summed E-state index contributed by atoms with van der Waals surface area (Å²) >= 11 is 0. The van der Waals surface area contributed by atoms with Crippen molar-refractivity contribution in [2.24, 2.45) is 5.73 Å². The third-order valence-corrected chi connectivity index (χ3v) is 8.92. The third-order valence-electron chi connectivity index (χ3n) is 7.70. The number of hydrogen-bond donors (Lipinski definition) is 3. The van der Waals surface area contributed by atoms with E-state index in [1.807, 2.05) is 10.9 Å². The highest BCUT2D eigenvalue weighted by Gasteiger charge is 2.32. The van der Waals surface area contributed by atoms with Gasteiger partial charge in [0.15, 0.2) is 0 Å². The molecule has 11 heteroatoms. The van der Waals surface area contributed by atoms with Crippen molar-refractivity contribution >= 4 is 32.4 Å². The monoisotopic (exact) mass is 552 g/mol. The molecule has 0 saturated heterocycles. The number of pyridine rings is 1. The van der Waals surface area contributed by atoms with Crippen LogP contribution >= 0.6 is 0 Å². The van der Waals surface area contributed by atoms with Crippen LogP contribution in [-0.2, 0) is 15.8 Å². The minimum Gasteiger partial charge on any atom is -0.383 e. The van der Waals surface area contributed by atoms with Gasteiger partial charge in [0.25, 0.3) is 0 Å². The van der Waals surface area contributed by atoms with E-state index in [0.717, 1.165) is 49.6 Å². The molecule has 2 aliphatic carbocycles. The lowest BCUT2D eigenvalue weighted by molar-refractivity contribution is 0.395. The number of nitrogens with one attached hydrogen (secondary N) is 1. The van der Waals surface area contributed by atoms with Crippen molar-refractivity contribution in [1.82, 2.24) is 14.8 Å². The number of nitrogens with two attached hydrogens (primary N) is 2. The Labute approximate surface area is 225 Å². The van der Waals surface area contributed by atoms with Crippen molar-refractivity contribution in [2.45, 2.75) is 62.3 Å². The van der Waals surface area contributed by atoms with Gasteiger partial charge in [-0.15, -0.1) is 0 Å². The zero-order valence-electron chi connectivity index (χ0n) is 21.3. The van der Waals surface area contributed by atoms with E-state index in [-0.39, 0.29) is 23.3 Å². The number of halogens is 2. The van der Waals surface area contributed by atoms with Gasteiger partial charge < -0.3 is 11.5 Å². The first-order valence-corrected chi connectivity index (χ1v) is 14.8. The van der Waals surface area contributed by atoms with Gasteiger partial charge >= 0.3 is 0 Å². The second kappa shape index (κ2) is 9.87. The summed E-state index contributed by atoms with van der Waals surface area (Å²) in [5.41, 5.74) is 15.3. The van der Waals surface area contributed by atoms with E-state index < -0.39 is 27.4 Å². The van der Waals surface area contributed by atoms with Gasteiger partial charge in [0.2, 0.25) is 10.0 Å². The van der Waals surface area contributed by atoms with Crippen molar-refractivity contribution in [3.05, 3.63) is 71.4 Å². The minimum absolute atomic E-state index is 0.00200. The van der Waals surface area contributed by atoms with Crippen LogP contribution in [0.15, 0.2) is 48.7 Å². The lowest BCUT2D eigenvalue weighted by Gasteiger charge is -2.27. The molecule has 8 nitrogen and oxygen atoms in total. The van der Waals surface area contributed by atoms with Gasteiger partial charge in [-0.2, -0.15) is 5.10 Å². The summed E-state index contributed by atoms with van der Waals surface area (Å²) < 4.78 is 58.8. The largest absolute Gasteiger partial charge is 0.383 e. The van der Waals surface area contributed by atoms with E-state index >= 15 is 4.39 Å². The van der Waals surface area contributed by atoms with Gasteiger partial charge in [-0.05, 0) is 68.2 Å². The molecule has 0 amide bonds. The fourth-order valence-electron chi connectivity index (χ4n) is 5.50. The maximum Gasteiger partial charge on any atom is 0.237 e. The van der Waals surface area contributed by atoms with E-state index in [9.17, 15) is 12.8 Å². The summed E-state index contributed by atoms with van der Waals surface area (Å²) in [6.07, 6.45) is 7.67. The Bertz CT molecular complexity index is 1660. The zero-order chi connectivity index (χ0) is 27.3. The van der Waals surface area contributed by atoms with E-state index in [4.69, 9.17) is 16.6 Å². The number of benzene rings is 2. The van der Waals surface area contributed by atoms with E-state index in [0.29, 0.717) is 28.4 Å². The van der Waals surface area contributed by atoms with Crippen LogP contribution < -0.4 is 16.2 Å². The molecular formula is C28H30F2N6O2S. The maximum atomic E-state index is 15.3. The van der Waals surface area contributed by atoms with Crippen molar-refractivity contribution in [3.8, 4) is 11.3 Å². The fourth-order valence-corrected chi connectivity index (χ4v) is 6.72. The van der Waals surface area contributed by atoms with E-state index in [1.165, 1.54) is 30.3 Å². The number of nitrogens with zero attached hydrogens (tertiary/aromatic N) is 3. The molecule has 4 aromatic rings.